The van der Waals surface area contributed by atoms with Crippen LogP contribution in [-0.2, 0) is 11.3 Å². The Labute approximate surface area is 147 Å². The molecule has 1 atom stereocenters. The highest BCUT2D eigenvalue weighted by atomic mass is 19.1. The molecule has 3 rings (SSSR count). The van der Waals surface area contributed by atoms with Crippen molar-refractivity contribution in [2.24, 2.45) is 5.73 Å². The summed E-state index contributed by atoms with van der Waals surface area (Å²) in [4.78, 5) is 5.52. The Morgan fingerprint density at radius 1 is 1.04 bits per heavy atom. The second-order valence-electron chi connectivity index (χ2n) is 5.59. The number of aliphatic hydroxyl groups is 1. The van der Waals surface area contributed by atoms with Gasteiger partial charge in [0, 0.05) is 5.39 Å². The van der Waals surface area contributed by atoms with E-state index >= 15 is 0 Å². The number of aliphatic hydroxyl groups excluding tert-OH is 1. The Kier molecular flexibility index (Phi) is 7.35. The fourth-order valence-electron chi connectivity index (χ4n) is 2.26. The largest absolute Gasteiger partial charge is 0.379 e. The fraction of sp³-hybridized carbons (Fsp3) is 0.200. The van der Waals surface area contributed by atoms with E-state index < -0.39 is 6.23 Å². The van der Waals surface area contributed by atoms with Gasteiger partial charge in [-0.05, 0) is 42.5 Å². The van der Waals surface area contributed by atoms with Crippen LogP contribution in [0.25, 0.3) is 10.8 Å². The summed E-state index contributed by atoms with van der Waals surface area (Å²) in [6.07, 6.45) is 0.0675. The summed E-state index contributed by atoms with van der Waals surface area (Å²) in [6, 6.07) is 20.7. The number of fused-ring (bicyclic) bond motifs is 1. The number of nitrogens with two attached hydrogens (primary N) is 1. The Morgan fingerprint density at radius 3 is 2.40 bits per heavy atom. The summed E-state index contributed by atoms with van der Waals surface area (Å²) in [7, 11) is 0. The smallest absolute Gasteiger partial charge is 0.123 e. The van der Waals surface area contributed by atoms with Crippen LogP contribution in [0.4, 0.5) is 10.1 Å². The molecule has 0 saturated heterocycles. The lowest BCUT2D eigenvalue weighted by Gasteiger charge is -2.10. The minimum Gasteiger partial charge on any atom is -0.379 e. The van der Waals surface area contributed by atoms with Gasteiger partial charge in [-0.3, -0.25) is 10.3 Å². The van der Waals surface area contributed by atoms with E-state index in [1.807, 2.05) is 24.3 Å². The van der Waals surface area contributed by atoms with Crippen LogP contribution in [0.5, 0.6) is 0 Å². The maximum Gasteiger partial charge on any atom is 0.123 e. The molecule has 0 fully saturated rings. The molecule has 4 N–H and O–H groups in total. The molecule has 3 aromatic carbocycles. The highest BCUT2D eigenvalue weighted by Gasteiger charge is 2.00. The average Bonchev–Trinajstić information content (AvgIpc) is 2.60. The van der Waals surface area contributed by atoms with Crippen molar-refractivity contribution in [3.8, 4) is 0 Å². The summed E-state index contributed by atoms with van der Waals surface area (Å²) in [5.74, 6) is -0.214. The molecule has 25 heavy (non-hydrogen) atoms. The first-order valence-corrected chi connectivity index (χ1v) is 8.10. The minimum absolute atomic E-state index is 0.214. The standard InChI is InChI=1S/C18H16FNO.C2H7NO/c19-16-10-8-14(9-11-16)12-13-21-20-18-7-3-5-15-4-1-2-6-17(15)18;1-2(3)4/h1-11,20H,12-13H2;2,4H,3H2,1H3. The van der Waals surface area contributed by atoms with Crippen LogP contribution in [0, 0.1) is 5.82 Å². The third kappa shape index (κ3) is 6.51. The zero-order chi connectivity index (χ0) is 18.1. The monoisotopic (exact) mass is 342 g/mol. The van der Waals surface area contributed by atoms with Crippen molar-refractivity contribution < 1.29 is 14.3 Å². The predicted octanol–water partition coefficient (Wildman–Crippen LogP) is 3.85. The van der Waals surface area contributed by atoms with Crippen molar-refractivity contribution in [3.05, 3.63) is 78.1 Å². The van der Waals surface area contributed by atoms with E-state index in [2.05, 4.69) is 29.4 Å². The molecule has 0 spiro atoms. The lowest BCUT2D eigenvalue weighted by molar-refractivity contribution is 0.198. The van der Waals surface area contributed by atoms with Gasteiger partial charge in [-0.2, -0.15) is 0 Å². The van der Waals surface area contributed by atoms with Crippen LogP contribution < -0.4 is 11.2 Å². The topological polar surface area (TPSA) is 67.5 Å². The molecule has 4 nitrogen and oxygen atoms in total. The zero-order valence-corrected chi connectivity index (χ0v) is 14.2. The van der Waals surface area contributed by atoms with E-state index in [9.17, 15) is 4.39 Å². The van der Waals surface area contributed by atoms with Crippen molar-refractivity contribution in [3.63, 3.8) is 0 Å². The molecule has 0 radical (unpaired) electrons. The summed E-state index contributed by atoms with van der Waals surface area (Å²) in [5, 5.41) is 10.1. The Bertz CT molecular complexity index is 768. The van der Waals surface area contributed by atoms with E-state index in [1.54, 1.807) is 12.1 Å². The lowest BCUT2D eigenvalue weighted by Crippen LogP contribution is -2.11. The number of benzene rings is 3. The molecule has 0 aliphatic heterocycles. The van der Waals surface area contributed by atoms with Gasteiger partial charge in [-0.1, -0.05) is 48.5 Å². The van der Waals surface area contributed by atoms with E-state index in [-0.39, 0.29) is 5.82 Å². The average molecular weight is 342 g/mol. The minimum atomic E-state index is -0.667. The molecular weight excluding hydrogens is 319 g/mol. The Morgan fingerprint density at radius 2 is 1.68 bits per heavy atom. The number of halogens is 1. The fourth-order valence-corrected chi connectivity index (χ4v) is 2.26. The number of nitrogens with one attached hydrogen (secondary N) is 1. The van der Waals surface area contributed by atoms with E-state index in [0.29, 0.717) is 6.61 Å². The highest BCUT2D eigenvalue weighted by molar-refractivity contribution is 5.93. The van der Waals surface area contributed by atoms with Gasteiger partial charge in [-0.25, -0.2) is 4.39 Å². The van der Waals surface area contributed by atoms with Crippen molar-refractivity contribution in [1.82, 2.24) is 0 Å². The third-order valence-electron chi connectivity index (χ3n) is 3.38. The molecule has 3 aromatic rings. The van der Waals surface area contributed by atoms with Gasteiger partial charge in [-0.15, -0.1) is 0 Å². The van der Waals surface area contributed by atoms with Gasteiger partial charge in [0.25, 0.3) is 0 Å². The molecule has 0 amide bonds. The van der Waals surface area contributed by atoms with Crippen LogP contribution in [0.15, 0.2) is 66.7 Å². The molecular formula is C20H23FN2O2. The van der Waals surface area contributed by atoms with Crippen LogP contribution in [0.2, 0.25) is 0 Å². The SMILES string of the molecule is CC(N)O.Fc1ccc(CCONc2cccc3ccccc23)cc1. The molecule has 132 valence electrons. The maximum atomic E-state index is 12.8. The van der Waals surface area contributed by atoms with E-state index in [4.69, 9.17) is 9.94 Å². The first kappa shape index (κ1) is 18.9. The summed E-state index contributed by atoms with van der Waals surface area (Å²) in [6.45, 7) is 2.02. The van der Waals surface area contributed by atoms with Gasteiger partial charge in [0.2, 0.25) is 0 Å². The van der Waals surface area contributed by atoms with Crippen molar-refractivity contribution in [2.75, 3.05) is 12.1 Å². The van der Waals surface area contributed by atoms with Gasteiger partial charge in [0.15, 0.2) is 0 Å². The summed E-state index contributed by atoms with van der Waals surface area (Å²) < 4.78 is 12.8. The van der Waals surface area contributed by atoms with Crippen LogP contribution in [-0.4, -0.2) is 17.9 Å². The number of anilines is 1. The number of hydrogen-bond acceptors (Lipinski definition) is 4. The number of rotatable bonds is 5. The van der Waals surface area contributed by atoms with E-state index in [0.717, 1.165) is 23.1 Å². The molecule has 0 heterocycles. The molecule has 0 aliphatic rings. The molecule has 0 aromatic heterocycles. The first-order valence-electron chi connectivity index (χ1n) is 8.10. The quantitative estimate of drug-likeness (QED) is 0.374. The van der Waals surface area contributed by atoms with Gasteiger partial charge >= 0.3 is 0 Å². The van der Waals surface area contributed by atoms with Crippen LogP contribution in [0.3, 0.4) is 0 Å². The molecule has 5 heteroatoms. The second kappa shape index (κ2) is 9.74. The zero-order valence-electron chi connectivity index (χ0n) is 14.2. The van der Waals surface area contributed by atoms with Crippen LogP contribution in [0.1, 0.15) is 12.5 Å². The summed E-state index contributed by atoms with van der Waals surface area (Å²) >= 11 is 0. The van der Waals surface area contributed by atoms with Crippen molar-refractivity contribution in [2.45, 2.75) is 19.6 Å². The summed E-state index contributed by atoms with van der Waals surface area (Å²) in [5.41, 5.74) is 9.66. The van der Waals surface area contributed by atoms with Gasteiger partial charge < -0.3 is 10.8 Å². The Balaban J connectivity index is 0.000000511. The van der Waals surface area contributed by atoms with E-state index in [1.165, 1.54) is 24.4 Å². The second-order valence-corrected chi connectivity index (χ2v) is 5.59. The normalized spacial score (nSPS) is 11.5. The molecule has 0 saturated carbocycles. The maximum absolute atomic E-state index is 12.8. The van der Waals surface area contributed by atoms with Gasteiger partial charge in [0.1, 0.15) is 5.82 Å². The predicted molar refractivity (Wildman–Crippen MR) is 99.5 cm³/mol. The van der Waals surface area contributed by atoms with Crippen molar-refractivity contribution >= 4 is 16.5 Å². The molecule has 0 aliphatic carbocycles. The molecule has 1 unspecified atom stereocenters. The number of hydrogen-bond donors (Lipinski definition) is 3. The first-order chi connectivity index (χ1) is 12.1. The Hall–Kier alpha value is -2.47. The molecule has 0 bridgehead atoms. The lowest BCUT2D eigenvalue weighted by atomic mass is 10.1. The third-order valence-corrected chi connectivity index (χ3v) is 3.38. The van der Waals surface area contributed by atoms with Gasteiger partial charge in [0.05, 0.1) is 18.5 Å². The van der Waals surface area contributed by atoms with Crippen LogP contribution >= 0.6 is 0 Å². The van der Waals surface area contributed by atoms with Crippen molar-refractivity contribution in [1.29, 1.82) is 0 Å². The highest BCUT2D eigenvalue weighted by Crippen LogP contribution is 2.22.